The molecule has 3 rings (SSSR count). The summed E-state index contributed by atoms with van der Waals surface area (Å²) in [7, 11) is 0. The fraction of sp³-hybridized carbons (Fsp3) is 0.727. The van der Waals surface area contributed by atoms with Gasteiger partial charge in [-0.3, -0.25) is 4.79 Å². The van der Waals surface area contributed by atoms with Crippen molar-refractivity contribution >= 4 is 5.78 Å². The molecule has 0 aromatic heterocycles. The Bertz CT molecular complexity index is 237. The lowest BCUT2D eigenvalue weighted by Crippen LogP contribution is -2.27. The molecular weight excluding hydrogens is 148 g/mol. The summed E-state index contributed by atoms with van der Waals surface area (Å²) in [5, 5.41) is 0. The molecule has 66 valence electrons. The summed E-state index contributed by atoms with van der Waals surface area (Å²) in [6.07, 6.45) is 7.74. The van der Waals surface area contributed by atoms with E-state index < -0.39 is 0 Å². The number of rotatable bonds is 0. The zero-order valence-electron chi connectivity index (χ0n) is 7.84. The van der Waals surface area contributed by atoms with Crippen LogP contribution in [0.25, 0.3) is 0 Å². The maximum absolute atomic E-state index is 11.9. The van der Waals surface area contributed by atoms with E-state index in [-0.39, 0.29) is 11.3 Å². The van der Waals surface area contributed by atoms with Crippen molar-refractivity contribution in [1.82, 2.24) is 0 Å². The molecule has 0 amide bonds. The van der Waals surface area contributed by atoms with Gasteiger partial charge in [-0.05, 0) is 25.2 Å². The van der Waals surface area contributed by atoms with Gasteiger partial charge in [0.15, 0.2) is 0 Å². The van der Waals surface area contributed by atoms with E-state index in [9.17, 15) is 4.79 Å². The van der Waals surface area contributed by atoms with Gasteiger partial charge < -0.3 is 0 Å². The number of hydrogen-bond acceptors (Lipinski definition) is 1. The molecule has 0 spiro atoms. The molecule has 1 fully saturated rings. The summed E-state index contributed by atoms with van der Waals surface area (Å²) in [5.74, 6) is 1.36. The van der Waals surface area contributed by atoms with Gasteiger partial charge in [-0.15, -0.1) is 0 Å². The Hall–Kier alpha value is -0.590. The molecular formula is C11H16O. The fourth-order valence-corrected chi connectivity index (χ4v) is 2.52. The molecule has 0 aromatic carbocycles. The lowest BCUT2D eigenvalue weighted by atomic mass is 9.80. The van der Waals surface area contributed by atoms with E-state index >= 15 is 0 Å². The molecule has 2 atom stereocenters. The Morgan fingerprint density at radius 1 is 1.33 bits per heavy atom. The first kappa shape index (κ1) is 8.03. The molecule has 12 heavy (non-hydrogen) atoms. The summed E-state index contributed by atoms with van der Waals surface area (Å²) in [5.41, 5.74) is -0.0741. The van der Waals surface area contributed by atoms with Crippen LogP contribution in [0, 0.1) is 17.3 Å². The standard InChI is InChI=1S/C11H16O/c1-11(2)7-8-3-5-9(6-4-8)10(11)12/h3,5,8-9H,4,6-7H2,1-2H3/t8-,9+/m0/s1. The van der Waals surface area contributed by atoms with Crippen molar-refractivity contribution in [2.24, 2.45) is 17.3 Å². The van der Waals surface area contributed by atoms with E-state index in [2.05, 4.69) is 26.0 Å². The third-order valence-corrected chi connectivity index (χ3v) is 3.24. The van der Waals surface area contributed by atoms with E-state index in [1.165, 1.54) is 6.42 Å². The number of allylic oxidation sites excluding steroid dienone is 2. The molecule has 3 aliphatic rings. The molecule has 0 aliphatic heterocycles. The highest BCUT2D eigenvalue weighted by atomic mass is 16.1. The van der Waals surface area contributed by atoms with Crippen molar-refractivity contribution in [3.63, 3.8) is 0 Å². The van der Waals surface area contributed by atoms with Gasteiger partial charge in [-0.2, -0.15) is 0 Å². The average molecular weight is 164 g/mol. The molecule has 1 saturated carbocycles. The van der Waals surface area contributed by atoms with Crippen LogP contribution in [0.2, 0.25) is 0 Å². The topological polar surface area (TPSA) is 17.1 Å². The second-order valence-corrected chi connectivity index (χ2v) is 4.78. The van der Waals surface area contributed by atoms with Crippen molar-refractivity contribution in [3.8, 4) is 0 Å². The minimum Gasteiger partial charge on any atom is -0.298 e. The Morgan fingerprint density at radius 2 is 2.08 bits per heavy atom. The van der Waals surface area contributed by atoms with Crippen LogP contribution in [-0.2, 0) is 4.79 Å². The van der Waals surface area contributed by atoms with E-state index in [1.54, 1.807) is 0 Å². The Kier molecular flexibility index (Phi) is 1.64. The minimum atomic E-state index is -0.0741. The molecule has 0 radical (unpaired) electrons. The quantitative estimate of drug-likeness (QED) is 0.503. The lowest BCUT2D eigenvalue weighted by Gasteiger charge is -2.22. The van der Waals surface area contributed by atoms with E-state index in [1.807, 2.05) is 0 Å². The molecule has 0 aromatic rings. The summed E-state index contributed by atoms with van der Waals surface area (Å²) in [4.78, 5) is 11.9. The largest absolute Gasteiger partial charge is 0.298 e. The zero-order valence-corrected chi connectivity index (χ0v) is 7.84. The highest BCUT2D eigenvalue weighted by molar-refractivity contribution is 5.88. The van der Waals surface area contributed by atoms with Crippen molar-refractivity contribution in [1.29, 1.82) is 0 Å². The second-order valence-electron chi connectivity index (χ2n) is 4.78. The fourth-order valence-electron chi connectivity index (χ4n) is 2.52. The third kappa shape index (κ3) is 1.12. The number of ketones is 1. The van der Waals surface area contributed by atoms with Crippen molar-refractivity contribution in [2.45, 2.75) is 33.1 Å². The van der Waals surface area contributed by atoms with Crippen molar-refractivity contribution in [3.05, 3.63) is 12.2 Å². The molecule has 0 saturated heterocycles. The third-order valence-electron chi connectivity index (χ3n) is 3.24. The SMILES string of the molecule is CC1(C)C[C@H]2C=C[C@H](CC2)C1=O. The Labute approximate surface area is 73.8 Å². The van der Waals surface area contributed by atoms with Crippen LogP contribution in [0.5, 0.6) is 0 Å². The smallest absolute Gasteiger partial charge is 0.145 e. The van der Waals surface area contributed by atoms with E-state index in [0.29, 0.717) is 11.7 Å². The molecule has 0 N–H and O–H groups in total. The van der Waals surface area contributed by atoms with Crippen molar-refractivity contribution < 1.29 is 4.79 Å². The molecule has 0 heterocycles. The molecule has 1 heteroatoms. The zero-order chi connectivity index (χ0) is 8.77. The van der Waals surface area contributed by atoms with Gasteiger partial charge >= 0.3 is 0 Å². The van der Waals surface area contributed by atoms with Gasteiger partial charge in [0.25, 0.3) is 0 Å². The van der Waals surface area contributed by atoms with E-state index in [4.69, 9.17) is 0 Å². The monoisotopic (exact) mass is 164 g/mol. The first-order valence-electron chi connectivity index (χ1n) is 4.82. The summed E-state index contributed by atoms with van der Waals surface area (Å²) >= 11 is 0. The van der Waals surface area contributed by atoms with Crippen LogP contribution in [0.4, 0.5) is 0 Å². The highest BCUT2D eigenvalue weighted by Crippen LogP contribution is 2.41. The van der Waals surface area contributed by atoms with Gasteiger partial charge in [0, 0.05) is 11.3 Å². The second kappa shape index (κ2) is 2.45. The summed E-state index contributed by atoms with van der Waals surface area (Å²) in [6, 6.07) is 0. The molecule has 2 bridgehead atoms. The van der Waals surface area contributed by atoms with Gasteiger partial charge in [0.1, 0.15) is 5.78 Å². The average Bonchev–Trinajstić information content (AvgIpc) is 2.18. The predicted molar refractivity (Wildman–Crippen MR) is 48.8 cm³/mol. The Morgan fingerprint density at radius 3 is 2.67 bits per heavy atom. The maximum Gasteiger partial charge on any atom is 0.145 e. The van der Waals surface area contributed by atoms with Gasteiger partial charge in [-0.1, -0.05) is 26.0 Å². The molecule has 1 nitrogen and oxygen atoms in total. The Balaban J connectivity index is 2.34. The summed E-state index contributed by atoms with van der Waals surface area (Å²) in [6.45, 7) is 4.18. The van der Waals surface area contributed by atoms with E-state index in [0.717, 1.165) is 12.8 Å². The first-order chi connectivity index (χ1) is 5.59. The molecule has 3 aliphatic carbocycles. The number of hydrogen-bond donors (Lipinski definition) is 0. The van der Waals surface area contributed by atoms with Crippen LogP contribution in [0.1, 0.15) is 33.1 Å². The van der Waals surface area contributed by atoms with Gasteiger partial charge in [0.2, 0.25) is 0 Å². The van der Waals surface area contributed by atoms with Crippen LogP contribution >= 0.6 is 0 Å². The number of carbonyl (C=O) groups is 1. The van der Waals surface area contributed by atoms with Gasteiger partial charge in [-0.25, -0.2) is 0 Å². The van der Waals surface area contributed by atoms with Crippen LogP contribution < -0.4 is 0 Å². The lowest BCUT2D eigenvalue weighted by molar-refractivity contribution is -0.129. The first-order valence-corrected chi connectivity index (χ1v) is 4.82. The van der Waals surface area contributed by atoms with Crippen LogP contribution in [-0.4, -0.2) is 5.78 Å². The van der Waals surface area contributed by atoms with Crippen molar-refractivity contribution in [2.75, 3.05) is 0 Å². The molecule has 0 unspecified atom stereocenters. The van der Waals surface area contributed by atoms with Gasteiger partial charge in [0.05, 0.1) is 0 Å². The minimum absolute atomic E-state index is 0.0741. The highest BCUT2D eigenvalue weighted by Gasteiger charge is 2.39. The summed E-state index contributed by atoms with van der Waals surface area (Å²) < 4.78 is 0. The normalized spacial score (nSPS) is 38.3. The van der Waals surface area contributed by atoms with Crippen LogP contribution in [0.3, 0.4) is 0 Å². The number of carbonyl (C=O) groups excluding carboxylic acids is 1. The predicted octanol–water partition coefficient (Wildman–Crippen LogP) is 2.57. The number of Topliss-reactive ketones (excluding diaryl/α,β-unsaturated/α-hetero) is 1. The number of fused-ring (bicyclic) bond motifs is 3. The van der Waals surface area contributed by atoms with Crippen LogP contribution in [0.15, 0.2) is 12.2 Å². The maximum atomic E-state index is 11.9.